The zero-order chi connectivity index (χ0) is 19.4. The number of para-hydroxylation sites is 1. The number of anilines is 1. The van der Waals surface area contributed by atoms with E-state index >= 15 is 0 Å². The van der Waals surface area contributed by atoms with Gasteiger partial charge in [-0.05, 0) is 36.4 Å². The van der Waals surface area contributed by atoms with Crippen LogP contribution in [0.25, 0.3) is 0 Å². The van der Waals surface area contributed by atoms with E-state index in [1.165, 1.54) is 36.1 Å². The molecule has 0 aliphatic carbocycles. The van der Waals surface area contributed by atoms with Crippen molar-refractivity contribution in [1.82, 2.24) is 4.57 Å². The van der Waals surface area contributed by atoms with Crippen LogP contribution in [-0.2, 0) is 6.54 Å². The molecule has 0 aliphatic heterocycles. The number of hydrogen-bond donors (Lipinski definition) is 1. The summed E-state index contributed by atoms with van der Waals surface area (Å²) in [5.74, 6) is -0.589. The summed E-state index contributed by atoms with van der Waals surface area (Å²) in [7, 11) is 1.46. The molecular weight excluding hydrogens is 371 g/mol. The fourth-order valence-electron chi connectivity index (χ4n) is 2.63. The maximum absolute atomic E-state index is 14.0. The third-order valence-electron chi connectivity index (χ3n) is 4.01. The van der Waals surface area contributed by atoms with Crippen LogP contribution in [0, 0.1) is 5.82 Å². The topological polar surface area (TPSA) is 60.3 Å². The van der Waals surface area contributed by atoms with Crippen LogP contribution in [0.5, 0.6) is 5.75 Å². The molecule has 0 aliphatic rings. The largest absolute Gasteiger partial charge is 0.496 e. The summed E-state index contributed by atoms with van der Waals surface area (Å²) < 4.78 is 20.4. The Morgan fingerprint density at radius 2 is 1.93 bits per heavy atom. The standard InChI is InChI=1S/C20H16ClFN2O3/c1-27-18-10-3-2-6-13(18)19(25)23-17-9-5-11-24(20(17)26)12-14-15(21)7-4-8-16(14)22/h2-11H,12H2,1H3,(H,23,25). The third-order valence-corrected chi connectivity index (χ3v) is 4.36. The predicted octanol–water partition coefficient (Wildman–Crippen LogP) is 3.95. The van der Waals surface area contributed by atoms with E-state index in [2.05, 4.69) is 5.32 Å². The van der Waals surface area contributed by atoms with Crippen LogP contribution in [0.3, 0.4) is 0 Å². The van der Waals surface area contributed by atoms with E-state index in [4.69, 9.17) is 16.3 Å². The van der Waals surface area contributed by atoms with Crippen molar-refractivity contribution < 1.29 is 13.9 Å². The minimum absolute atomic E-state index is 0.0529. The second-order valence-corrected chi connectivity index (χ2v) is 6.12. The molecule has 0 fully saturated rings. The molecule has 1 amide bonds. The van der Waals surface area contributed by atoms with E-state index in [0.717, 1.165) is 0 Å². The van der Waals surface area contributed by atoms with Crippen molar-refractivity contribution >= 4 is 23.2 Å². The first kappa shape index (κ1) is 18.7. The van der Waals surface area contributed by atoms with Crippen molar-refractivity contribution in [3.63, 3.8) is 0 Å². The van der Waals surface area contributed by atoms with E-state index in [0.29, 0.717) is 11.3 Å². The van der Waals surface area contributed by atoms with Gasteiger partial charge in [0.1, 0.15) is 17.3 Å². The van der Waals surface area contributed by atoms with Gasteiger partial charge in [-0.1, -0.05) is 29.8 Å². The molecule has 0 atom stereocenters. The van der Waals surface area contributed by atoms with Crippen molar-refractivity contribution in [2.24, 2.45) is 0 Å². The summed E-state index contributed by atoms with van der Waals surface area (Å²) in [6.45, 7) is -0.0529. The van der Waals surface area contributed by atoms with Gasteiger partial charge in [0.25, 0.3) is 11.5 Å². The molecule has 1 aromatic heterocycles. The summed E-state index contributed by atoms with van der Waals surface area (Å²) in [5.41, 5.74) is 0.0994. The van der Waals surface area contributed by atoms with Crippen LogP contribution >= 0.6 is 11.6 Å². The van der Waals surface area contributed by atoms with E-state index in [1.54, 1.807) is 36.4 Å². The average Bonchev–Trinajstić information content (AvgIpc) is 2.67. The van der Waals surface area contributed by atoms with E-state index in [-0.39, 0.29) is 22.8 Å². The first-order valence-corrected chi connectivity index (χ1v) is 8.45. The molecule has 1 heterocycles. The Labute approximate surface area is 160 Å². The van der Waals surface area contributed by atoms with Gasteiger partial charge in [0.15, 0.2) is 0 Å². The molecule has 0 radical (unpaired) electrons. The average molecular weight is 387 g/mol. The fraction of sp³-hybridized carbons (Fsp3) is 0.100. The number of rotatable bonds is 5. The monoisotopic (exact) mass is 386 g/mol. The maximum Gasteiger partial charge on any atom is 0.274 e. The van der Waals surface area contributed by atoms with Crippen molar-refractivity contribution in [1.29, 1.82) is 0 Å². The van der Waals surface area contributed by atoms with Gasteiger partial charge in [-0.3, -0.25) is 9.59 Å². The van der Waals surface area contributed by atoms with E-state index in [1.807, 2.05) is 0 Å². The number of carbonyl (C=O) groups excluding carboxylic acids is 1. The Kier molecular flexibility index (Phi) is 5.57. The quantitative estimate of drug-likeness (QED) is 0.722. The second kappa shape index (κ2) is 8.05. The molecule has 3 aromatic rings. The highest BCUT2D eigenvalue weighted by Gasteiger charge is 2.15. The summed E-state index contributed by atoms with van der Waals surface area (Å²) >= 11 is 6.03. The summed E-state index contributed by atoms with van der Waals surface area (Å²) in [4.78, 5) is 25.2. The van der Waals surface area contributed by atoms with Crippen LogP contribution in [0.4, 0.5) is 10.1 Å². The van der Waals surface area contributed by atoms with Crippen molar-refractivity contribution in [3.05, 3.63) is 93.1 Å². The Hall–Kier alpha value is -3.12. The first-order valence-electron chi connectivity index (χ1n) is 8.08. The molecule has 7 heteroatoms. The summed E-state index contributed by atoms with van der Waals surface area (Å²) in [6.07, 6.45) is 1.50. The van der Waals surface area contributed by atoms with Crippen LogP contribution < -0.4 is 15.6 Å². The number of ether oxygens (including phenoxy) is 1. The maximum atomic E-state index is 14.0. The number of carbonyl (C=O) groups is 1. The SMILES string of the molecule is COc1ccccc1C(=O)Nc1cccn(Cc2c(F)cccc2Cl)c1=O. The summed E-state index contributed by atoms with van der Waals surface area (Å²) in [6, 6.07) is 14.1. The highest BCUT2D eigenvalue weighted by molar-refractivity contribution is 6.31. The number of nitrogens with one attached hydrogen (secondary N) is 1. The zero-order valence-electron chi connectivity index (χ0n) is 14.4. The van der Waals surface area contributed by atoms with E-state index < -0.39 is 17.3 Å². The third kappa shape index (κ3) is 4.01. The van der Waals surface area contributed by atoms with Gasteiger partial charge >= 0.3 is 0 Å². The van der Waals surface area contributed by atoms with Crippen molar-refractivity contribution in [3.8, 4) is 5.75 Å². The van der Waals surface area contributed by atoms with Gasteiger partial charge in [-0.2, -0.15) is 0 Å². The minimum atomic E-state index is -0.502. The lowest BCUT2D eigenvalue weighted by molar-refractivity contribution is 0.102. The van der Waals surface area contributed by atoms with Crippen molar-refractivity contribution in [2.75, 3.05) is 12.4 Å². The molecule has 138 valence electrons. The highest BCUT2D eigenvalue weighted by atomic mass is 35.5. The lowest BCUT2D eigenvalue weighted by Crippen LogP contribution is -2.26. The van der Waals surface area contributed by atoms with Crippen LogP contribution in [0.15, 0.2) is 65.6 Å². The zero-order valence-corrected chi connectivity index (χ0v) is 15.2. The van der Waals surface area contributed by atoms with Gasteiger partial charge < -0.3 is 14.6 Å². The molecule has 27 heavy (non-hydrogen) atoms. The van der Waals surface area contributed by atoms with Crippen LogP contribution in [0.1, 0.15) is 15.9 Å². The molecule has 0 unspecified atom stereocenters. The molecule has 2 aromatic carbocycles. The molecule has 3 rings (SSSR count). The molecule has 0 spiro atoms. The number of methoxy groups -OCH3 is 1. The number of aromatic nitrogens is 1. The van der Waals surface area contributed by atoms with E-state index in [9.17, 15) is 14.0 Å². The molecule has 0 saturated carbocycles. The predicted molar refractivity (Wildman–Crippen MR) is 102 cm³/mol. The number of amides is 1. The Bertz CT molecular complexity index is 1030. The Morgan fingerprint density at radius 1 is 1.15 bits per heavy atom. The number of halogens is 2. The molecule has 1 N–H and O–H groups in total. The Balaban J connectivity index is 1.89. The molecule has 5 nitrogen and oxygen atoms in total. The fourth-order valence-corrected chi connectivity index (χ4v) is 2.85. The molecule has 0 saturated heterocycles. The summed E-state index contributed by atoms with van der Waals surface area (Å²) in [5, 5.41) is 2.80. The molecule has 0 bridgehead atoms. The normalized spacial score (nSPS) is 10.5. The van der Waals surface area contributed by atoms with Gasteiger partial charge in [0.05, 0.1) is 19.2 Å². The molecular formula is C20H16ClFN2O3. The van der Waals surface area contributed by atoms with Gasteiger partial charge in [-0.25, -0.2) is 4.39 Å². The van der Waals surface area contributed by atoms with Crippen LogP contribution in [-0.4, -0.2) is 17.6 Å². The van der Waals surface area contributed by atoms with Crippen molar-refractivity contribution in [2.45, 2.75) is 6.54 Å². The minimum Gasteiger partial charge on any atom is -0.496 e. The number of nitrogens with zero attached hydrogens (tertiary/aromatic N) is 1. The Morgan fingerprint density at radius 3 is 2.67 bits per heavy atom. The number of benzene rings is 2. The van der Waals surface area contributed by atoms with Gasteiger partial charge in [-0.15, -0.1) is 0 Å². The first-order chi connectivity index (χ1) is 13.0. The van der Waals surface area contributed by atoms with Gasteiger partial charge in [0.2, 0.25) is 0 Å². The lowest BCUT2D eigenvalue weighted by Gasteiger charge is -2.12. The van der Waals surface area contributed by atoms with Gasteiger partial charge in [0, 0.05) is 16.8 Å². The number of hydrogen-bond acceptors (Lipinski definition) is 3. The lowest BCUT2D eigenvalue weighted by atomic mass is 10.2. The smallest absolute Gasteiger partial charge is 0.274 e. The highest BCUT2D eigenvalue weighted by Crippen LogP contribution is 2.20. The second-order valence-electron chi connectivity index (χ2n) is 5.71. The number of pyridine rings is 1. The van der Waals surface area contributed by atoms with Crippen LogP contribution in [0.2, 0.25) is 5.02 Å².